The van der Waals surface area contributed by atoms with E-state index in [9.17, 15) is 4.79 Å². The van der Waals surface area contributed by atoms with Crippen LogP contribution < -0.4 is 9.88 Å². The molecule has 102 valence electrons. The number of nitrogens with zero attached hydrogens (tertiary/aromatic N) is 2. The minimum atomic E-state index is -0.185. The summed E-state index contributed by atoms with van der Waals surface area (Å²) in [5.74, 6) is 1.29. The maximum Gasteiger partial charge on any atom is 0.274 e. The van der Waals surface area contributed by atoms with Crippen molar-refractivity contribution in [3.8, 4) is 0 Å². The van der Waals surface area contributed by atoms with Crippen molar-refractivity contribution in [3.05, 3.63) is 24.4 Å². The summed E-state index contributed by atoms with van der Waals surface area (Å²) in [4.78, 5) is 19.7. The van der Waals surface area contributed by atoms with Crippen LogP contribution in [0.3, 0.4) is 0 Å². The molecule has 0 saturated carbocycles. The topological polar surface area (TPSA) is 46.9 Å². The predicted octanol–water partition coefficient (Wildman–Crippen LogP) is 0.328. The number of carbonyl (C=O) groups is 1. The van der Waals surface area contributed by atoms with Gasteiger partial charge in [0.2, 0.25) is 0 Å². The van der Waals surface area contributed by atoms with Gasteiger partial charge >= 0.3 is 0 Å². The van der Waals surface area contributed by atoms with E-state index in [1.165, 1.54) is 0 Å². The SMILES string of the molecule is O=C([C@H]1CCCO1)N1CCN(c2cccc[nH+]2)CC1. The molecule has 1 amide bonds. The summed E-state index contributed by atoms with van der Waals surface area (Å²) in [5.41, 5.74) is 0. The van der Waals surface area contributed by atoms with Crippen molar-refractivity contribution in [1.82, 2.24) is 4.90 Å². The standard InChI is InChI=1S/C14H19N3O2/c18-14(12-4-3-11-19-12)17-9-7-16(8-10-17)13-5-1-2-6-15-13/h1-2,5-6,12H,3-4,7-11H2/p+1/t12-/m1/s1. The molecule has 0 radical (unpaired) electrons. The van der Waals surface area contributed by atoms with Crippen molar-refractivity contribution in [2.45, 2.75) is 18.9 Å². The fraction of sp³-hybridized carbons (Fsp3) is 0.571. The highest BCUT2D eigenvalue weighted by Crippen LogP contribution is 2.17. The molecule has 2 aliphatic rings. The van der Waals surface area contributed by atoms with Crippen LogP contribution in [0.15, 0.2) is 24.4 Å². The number of aromatic nitrogens is 1. The van der Waals surface area contributed by atoms with Crippen LogP contribution >= 0.6 is 0 Å². The molecule has 1 atom stereocenters. The Morgan fingerprint density at radius 2 is 2.11 bits per heavy atom. The molecule has 1 aromatic rings. The van der Waals surface area contributed by atoms with Crippen LogP contribution in [-0.4, -0.2) is 49.7 Å². The smallest absolute Gasteiger partial charge is 0.274 e. The second-order valence-electron chi connectivity index (χ2n) is 5.06. The summed E-state index contributed by atoms with van der Waals surface area (Å²) in [7, 11) is 0. The van der Waals surface area contributed by atoms with E-state index >= 15 is 0 Å². The van der Waals surface area contributed by atoms with Crippen LogP contribution in [0.4, 0.5) is 5.82 Å². The van der Waals surface area contributed by atoms with Gasteiger partial charge in [0.05, 0.1) is 19.3 Å². The molecule has 3 heterocycles. The van der Waals surface area contributed by atoms with Crippen LogP contribution in [0, 0.1) is 0 Å². The molecule has 2 saturated heterocycles. The van der Waals surface area contributed by atoms with E-state index < -0.39 is 0 Å². The van der Waals surface area contributed by atoms with Crippen LogP contribution in [0.25, 0.3) is 0 Å². The van der Waals surface area contributed by atoms with Crippen LogP contribution in [0.1, 0.15) is 12.8 Å². The van der Waals surface area contributed by atoms with Gasteiger partial charge in [0, 0.05) is 12.7 Å². The second-order valence-corrected chi connectivity index (χ2v) is 5.06. The Balaban J connectivity index is 1.56. The summed E-state index contributed by atoms with van der Waals surface area (Å²) in [6.07, 6.45) is 3.63. The van der Waals surface area contributed by atoms with Crippen LogP contribution in [0.5, 0.6) is 0 Å². The summed E-state index contributed by atoms with van der Waals surface area (Å²) in [5, 5.41) is 0. The zero-order chi connectivity index (χ0) is 13.1. The second kappa shape index (κ2) is 5.57. The molecule has 0 spiro atoms. The van der Waals surface area contributed by atoms with E-state index in [4.69, 9.17) is 4.74 Å². The van der Waals surface area contributed by atoms with Gasteiger partial charge in [-0.2, -0.15) is 0 Å². The summed E-state index contributed by atoms with van der Waals surface area (Å²) >= 11 is 0. The molecule has 1 aromatic heterocycles. The number of H-pyrrole nitrogens is 1. The van der Waals surface area contributed by atoms with Gasteiger partial charge in [-0.3, -0.25) is 9.69 Å². The average molecular weight is 262 g/mol. The van der Waals surface area contributed by atoms with Crippen molar-refractivity contribution in [3.63, 3.8) is 0 Å². The largest absolute Gasteiger partial charge is 0.368 e. The highest BCUT2D eigenvalue weighted by atomic mass is 16.5. The number of amides is 1. The summed E-state index contributed by atoms with van der Waals surface area (Å²) in [6, 6.07) is 6.06. The number of nitrogens with one attached hydrogen (secondary N) is 1. The van der Waals surface area contributed by atoms with Crippen molar-refractivity contribution >= 4 is 11.7 Å². The number of ether oxygens (including phenoxy) is 1. The number of aromatic amines is 1. The van der Waals surface area contributed by atoms with Gasteiger partial charge in [0.15, 0.2) is 0 Å². The Hall–Kier alpha value is -1.62. The van der Waals surface area contributed by atoms with E-state index in [0.29, 0.717) is 0 Å². The zero-order valence-electron chi connectivity index (χ0n) is 11.0. The zero-order valence-corrected chi connectivity index (χ0v) is 11.0. The maximum absolute atomic E-state index is 12.2. The third-order valence-corrected chi connectivity index (χ3v) is 3.83. The van der Waals surface area contributed by atoms with Gasteiger partial charge in [0.1, 0.15) is 19.2 Å². The molecule has 2 aliphatic heterocycles. The lowest BCUT2D eigenvalue weighted by molar-refractivity contribution is -0.364. The van der Waals surface area contributed by atoms with Crippen LogP contribution in [0.2, 0.25) is 0 Å². The van der Waals surface area contributed by atoms with Crippen molar-refractivity contribution in [1.29, 1.82) is 0 Å². The molecule has 0 unspecified atom stereocenters. The quantitative estimate of drug-likeness (QED) is 0.771. The lowest BCUT2D eigenvalue weighted by Gasteiger charge is -2.32. The Morgan fingerprint density at radius 1 is 1.26 bits per heavy atom. The number of rotatable bonds is 2. The number of anilines is 1. The van der Waals surface area contributed by atoms with Gasteiger partial charge in [-0.05, 0) is 18.9 Å². The first-order chi connectivity index (χ1) is 9.34. The molecule has 5 heteroatoms. The Bertz CT molecular complexity index is 424. The molecule has 0 aromatic carbocycles. The minimum Gasteiger partial charge on any atom is -0.368 e. The first-order valence-corrected chi connectivity index (χ1v) is 6.96. The highest BCUT2D eigenvalue weighted by Gasteiger charge is 2.32. The van der Waals surface area contributed by atoms with Gasteiger partial charge in [-0.1, -0.05) is 6.07 Å². The molecule has 0 aliphatic carbocycles. The van der Waals surface area contributed by atoms with Gasteiger partial charge in [-0.25, -0.2) is 4.98 Å². The molecule has 19 heavy (non-hydrogen) atoms. The van der Waals surface area contributed by atoms with E-state index in [-0.39, 0.29) is 12.0 Å². The summed E-state index contributed by atoms with van der Waals surface area (Å²) < 4.78 is 5.47. The lowest BCUT2D eigenvalue weighted by atomic mass is 10.2. The van der Waals surface area contributed by atoms with E-state index in [1.807, 2.05) is 23.2 Å². The van der Waals surface area contributed by atoms with Crippen molar-refractivity contribution in [2.75, 3.05) is 37.7 Å². The number of hydrogen-bond acceptors (Lipinski definition) is 3. The number of carbonyl (C=O) groups excluding carboxylic acids is 1. The third-order valence-electron chi connectivity index (χ3n) is 3.83. The van der Waals surface area contributed by atoms with Gasteiger partial charge in [0.25, 0.3) is 11.7 Å². The average Bonchev–Trinajstić information content (AvgIpc) is 3.02. The molecule has 2 fully saturated rings. The normalized spacial score (nSPS) is 23.7. The van der Waals surface area contributed by atoms with E-state index in [1.54, 1.807) is 0 Å². The predicted molar refractivity (Wildman–Crippen MR) is 70.8 cm³/mol. The van der Waals surface area contributed by atoms with Gasteiger partial charge in [-0.15, -0.1) is 0 Å². The van der Waals surface area contributed by atoms with Crippen molar-refractivity contribution in [2.24, 2.45) is 0 Å². The molecule has 3 rings (SSSR count). The first kappa shape index (κ1) is 12.4. The fourth-order valence-corrected chi connectivity index (χ4v) is 2.72. The van der Waals surface area contributed by atoms with E-state index in [0.717, 1.165) is 51.4 Å². The Labute approximate surface area is 113 Å². The Morgan fingerprint density at radius 3 is 2.74 bits per heavy atom. The lowest BCUT2D eigenvalue weighted by Crippen LogP contribution is -2.52. The van der Waals surface area contributed by atoms with E-state index in [2.05, 4.69) is 16.0 Å². The summed E-state index contributed by atoms with van der Waals surface area (Å²) in [6.45, 7) is 4.04. The molecule has 0 bridgehead atoms. The van der Waals surface area contributed by atoms with Crippen molar-refractivity contribution < 1.29 is 14.5 Å². The maximum atomic E-state index is 12.2. The number of hydrogen-bond donors (Lipinski definition) is 0. The third kappa shape index (κ3) is 2.71. The minimum absolute atomic E-state index is 0.175. The highest BCUT2D eigenvalue weighted by molar-refractivity contribution is 5.81. The molecule has 1 N–H and O–H groups in total. The number of pyridine rings is 1. The fourth-order valence-electron chi connectivity index (χ4n) is 2.72. The van der Waals surface area contributed by atoms with Crippen LogP contribution in [-0.2, 0) is 9.53 Å². The van der Waals surface area contributed by atoms with Gasteiger partial charge < -0.3 is 9.64 Å². The monoisotopic (exact) mass is 262 g/mol. The molecular weight excluding hydrogens is 242 g/mol. The Kier molecular flexibility index (Phi) is 3.64. The molecular formula is C14H20N3O2+. The first-order valence-electron chi connectivity index (χ1n) is 6.96. The number of piperazine rings is 1. The molecule has 5 nitrogen and oxygen atoms in total.